The van der Waals surface area contributed by atoms with Crippen molar-refractivity contribution in [3.8, 4) is 0 Å². The van der Waals surface area contributed by atoms with Gasteiger partial charge in [0.1, 0.15) is 5.78 Å². The van der Waals surface area contributed by atoms with Crippen LogP contribution in [0.4, 0.5) is 0 Å². The lowest BCUT2D eigenvalue weighted by molar-refractivity contribution is -0.122. The Labute approximate surface area is 114 Å². The van der Waals surface area contributed by atoms with Gasteiger partial charge in [-0.15, -0.1) is 0 Å². The summed E-state index contributed by atoms with van der Waals surface area (Å²) in [5, 5.41) is 3.52. The first-order valence-electron chi connectivity index (χ1n) is 7.28. The van der Waals surface area contributed by atoms with E-state index in [1.54, 1.807) is 6.92 Å². The van der Waals surface area contributed by atoms with Crippen LogP contribution in [0.5, 0.6) is 0 Å². The molecule has 19 heavy (non-hydrogen) atoms. The van der Waals surface area contributed by atoms with E-state index in [-0.39, 0.29) is 5.92 Å². The number of carbonyl (C=O) groups is 1. The number of ketones is 1. The van der Waals surface area contributed by atoms with Crippen molar-refractivity contribution in [2.45, 2.75) is 39.2 Å². The van der Waals surface area contributed by atoms with Crippen LogP contribution in [0, 0.1) is 11.8 Å². The molecule has 1 N–H and O–H groups in total. The highest BCUT2D eigenvalue weighted by Crippen LogP contribution is 2.48. The normalized spacial score (nSPS) is 25.5. The molecule has 0 saturated heterocycles. The van der Waals surface area contributed by atoms with Crippen LogP contribution >= 0.6 is 0 Å². The molecule has 2 atom stereocenters. The summed E-state index contributed by atoms with van der Waals surface area (Å²) in [6, 6.07) is 10.4. The third-order valence-electron chi connectivity index (χ3n) is 4.48. The van der Waals surface area contributed by atoms with E-state index in [0.29, 0.717) is 11.7 Å². The van der Waals surface area contributed by atoms with Gasteiger partial charge in [0.2, 0.25) is 0 Å². The molecule has 0 unspecified atom stereocenters. The number of hydrogen-bond donors (Lipinski definition) is 1. The van der Waals surface area contributed by atoms with E-state index in [1.807, 2.05) is 6.07 Å². The van der Waals surface area contributed by atoms with E-state index < -0.39 is 0 Å². The summed E-state index contributed by atoms with van der Waals surface area (Å²) < 4.78 is 0. The predicted molar refractivity (Wildman–Crippen MR) is 76.4 cm³/mol. The van der Waals surface area contributed by atoms with E-state index in [2.05, 4.69) is 29.6 Å². The van der Waals surface area contributed by atoms with E-state index in [9.17, 15) is 4.79 Å². The number of hydrogen-bond acceptors (Lipinski definition) is 2. The van der Waals surface area contributed by atoms with E-state index in [1.165, 1.54) is 42.5 Å². The van der Waals surface area contributed by atoms with Crippen LogP contribution in [0.1, 0.15) is 38.2 Å². The molecule has 0 aliphatic heterocycles. The minimum absolute atomic E-state index is 0.152. The van der Waals surface area contributed by atoms with Crippen molar-refractivity contribution in [1.29, 1.82) is 0 Å². The summed E-state index contributed by atoms with van der Waals surface area (Å²) in [4.78, 5) is 11.8. The van der Waals surface area contributed by atoms with Crippen molar-refractivity contribution < 1.29 is 4.79 Å². The highest BCUT2D eigenvalue weighted by Gasteiger charge is 2.43. The first kappa shape index (κ1) is 12.5. The van der Waals surface area contributed by atoms with Crippen molar-refractivity contribution in [2.24, 2.45) is 11.8 Å². The molecular weight excluding hydrogens is 234 g/mol. The molecule has 1 aromatic carbocycles. The average molecular weight is 255 g/mol. The van der Waals surface area contributed by atoms with Gasteiger partial charge < -0.3 is 5.32 Å². The Bertz CT molecular complexity index is 503. The van der Waals surface area contributed by atoms with Gasteiger partial charge in [-0.05, 0) is 43.2 Å². The van der Waals surface area contributed by atoms with Gasteiger partial charge in [-0.25, -0.2) is 0 Å². The summed E-state index contributed by atoms with van der Waals surface area (Å²) in [7, 11) is 0. The molecule has 0 radical (unpaired) electrons. The Kier molecular flexibility index (Phi) is 3.41. The van der Waals surface area contributed by atoms with Crippen LogP contribution in [0.2, 0.25) is 0 Å². The number of fused-ring (bicyclic) bond motifs is 1. The Hall–Kier alpha value is -1.57. The van der Waals surface area contributed by atoms with Gasteiger partial charge in [0.05, 0.1) is 5.92 Å². The smallest absolute Gasteiger partial charge is 0.139 e. The van der Waals surface area contributed by atoms with Gasteiger partial charge in [0.25, 0.3) is 0 Å². The molecular formula is C17H21NO. The van der Waals surface area contributed by atoms with Crippen LogP contribution in [0.15, 0.2) is 41.6 Å². The average Bonchev–Trinajstić information content (AvgIpc) is 2.40. The SMILES string of the molecule is CC(=O)[C@H]1C(NCc2ccccc2)=C2CCCC[C@@H]21. The second kappa shape index (κ2) is 5.20. The lowest BCUT2D eigenvalue weighted by Crippen LogP contribution is -2.43. The molecule has 0 spiro atoms. The van der Waals surface area contributed by atoms with Crippen molar-refractivity contribution in [2.75, 3.05) is 0 Å². The number of nitrogens with one attached hydrogen (secondary N) is 1. The van der Waals surface area contributed by atoms with E-state index in [0.717, 1.165) is 6.54 Å². The molecule has 2 nitrogen and oxygen atoms in total. The molecule has 2 aliphatic rings. The van der Waals surface area contributed by atoms with Crippen LogP contribution < -0.4 is 5.32 Å². The molecule has 1 saturated carbocycles. The topological polar surface area (TPSA) is 29.1 Å². The molecule has 1 fully saturated rings. The molecule has 0 bridgehead atoms. The van der Waals surface area contributed by atoms with Gasteiger partial charge in [-0.2, -0.15) is 0 Å². The molecule has 0 aromatic heterocycles. The molecule has 0 amide bonds. The zero-order valence-electron chi connectivity index (χ0n) is 11.5. The summed E-state index contributed by atoms with van der Waals surface area (Å²) in [6.45, 7) is 2.57. The predicted octanol–water partition coefficient (Wildman–Crippen LogP) is 3.44. The summed E-state index contributed by atoms with van der Waals surface area (Å²) in [6.07, 6.45) is 4.96. The standard InChI is InChI=1S/C17H21NO/c1-12(19)16-14-9-5-6-10-15(14)17(16)18-11-13-7-3-2-4-8-13/h2-4,7-8,14,16,18H,5-6,9-11H2,1H3/t14-,16+/m0/s1. The second-order valence-corrected chi connectivity index (χ2v) is 5.72. The number of allylic oxidation sites excluding steroid dienone is 2. The molecule has 2 heteroatoms. The first-order valence-corrected chi connectivity index (χ1v) is 7.28. The molecule has 100 valence electrons. The van der Waals surface area contributed by atoms with Crippen LogP contribution in [-0.2, 0) is 11.3 Å². The monoisotopic (exact) mass is 255 g/mol. The maximum atomic E-state index is 11.8. The Morgan fingerprint density at radius 2 is 2.05 bits per heavy atom. The van der Waals surface area contributed by atoms with Gasteiger partial charge in [0, 0.05) is 12.2 Å². The number of benzene rings is 1. The largest absolute Gasteiger partial charge is 0.384 e. The third-order valence-corrected chi connectivity index (χ3v) is 4.48. The van der Waals surface area contributed by atoms with E-state index in [4.69, 9.17) is 0 Å². The fraction of sp³-hybridized carbons (Fsp3) is 0.471. The Morgan fingerprint density at radius 3 is 2.79 bits per heavy atom. The van der Waals surface area contributed by atoms with Crippen LogP contribution in [0.3, 0.4) is 0 Å². The van der Waals surface area contributed by atoms with Crippen LogP contribution in [0.25, 0.3) is 0 Å². The van der Waals surface area contributed by atoms with Crippen molar-refractivity contribution in [3.63, 3.8) is 0 Å². The van der Waals surface area contributed by atoms with Gasteiger partial charge in [0.15, 0.2) is 0 Å². The zero-order valence-corrected chi connectivity index (χ0v) is 11.5. The quantitative estimate of drug-likeness (QED) is 0.893. The van der Waals surface area contributed by atoms with Gasteiger partial charge in [-0.1, -0.05) is 36.8 Å². The summed E-state index contributed by atoms with van der Waals surface area (Å²) in [5.41, 5.74) is 4.04. The maximum Gasteiger partial charge on any atom is 0.139 e. The lowest BCUT2D eigenvalue weighted by Gasteiger charge is -2.44. The van der Waals surface area contributed by atoms with Crippen molar-refractivity contribution in [1.82, 2.24) is 5.32 Å². The summed E-state index contributed by atoms with van der Waals surface area (Å²) in [5.74, 6) is 1.02. The number of rotatable bonds is 4. The highest BCUT2D eigenvalue weighted by molar-refractivity contribution is 5.84. The third kappa shape index (κ3) is 2.32. The fourth-order valence-corrected chi connectivity index (χ4v) is 3.55. The second-order valence-electron chi connectivity index (χ2n) is 5.72. The molecule has 3 rings (SSSR count). The minimum Gasteiger partial charge on any atom is -0.384 e. The fourth-order valence-electron chi connectivity index (χ4n) is 3.55. The summed E-state index contributed by atoms with van der Waals surface area (Å²) >= 11 is 0. The molecule has 0 heterocycles. The zero-order chi connectivity index (χ0) is 13.2. The molecule has 2 aliphatic carbocycles. The van der Waals surface area contributed by atoms with Gasteiger partial charge in [-0.3, -0.25) is 4.79 Å². The van der Waals surface area contributed by atoms with Gasteiger partial charge >= 0.3 is 0 Å². The van der Waals surface area contributed by atoms with E-state index >= 15 is 0 Å². The number of carbonyl (C=O) groups excluding carboxylic acids is 1. The first-order chi connectivity index (χ1) is 9.27. The molecule has 1 aromatic rings. The Balaban J connectivity index is 1.73. The lowest BCUT2D eigenvalue weighted by atomic mass is 9.63. The van der Waals surface area contributed by atoms with Crippen LogP contribution in [-0.4, -0.2) is 5.78 Å². The van der Waals surface area contributed by atoms with Crippen molar-refractivity contribution in [3.05, 3.63) is 47.2 Å². The number of Topliss-reactive ketones (excluding diaryl/α,β-unsaturated/α-hetero) is 1. The Morgan fingerprint density at radius 1 is 1.26 bits per heavy atom. The minimum atomic E-state index is 0.152. The highest BCUT2D eigenvalue weighted by atomic mass is 16.1. The van der Waals surface area contributed by atoms with Crippen molar-refractivity contribution >= 4 is 5.78 Å². The maximum absolute atomic E-state index is 11.8.